The van der Waals surface area contributed by atoms with Crippen LogP contribution in [-0.4, -0.2) is 29.9 Å². The second-order valence-electron chi connectivity index (χ2n) is 8.03. The summed E-state index contributed by atoms with van der Waals surface area (Å²) in [6.45, 7) is 6.12. The second kappa shape index (κ2) is 9.35. The molecule has 0 radical (unpaired) electrons. The average Bonchev–Trinajstić information content (AvgIpc) is 3.22. The number of para-hydroxylation sites is 2. The normalized spacial score (nSPS) is 14.1. The van der Waals surface area contributed by atoms with E-state index in [1.807, 2.05) is 46.7 Å². The molecule has 3 aromatic rings. The zero-order valence-corrected chi connectivity index (χ0v) is 18.7. The number of benzene rings is 2. The molecule has 1 saturated heterocycles. The molecule has 1 N–H and O–H groups in total. The van der Waals surface area contributed by atoms with Gasteiger partial charge >= 0.3 is 6.03 Å². The molecule has 0 bridgehead atoms. The predicted molar refractivity (Wildman–Crippen MR) is 127 cm³/mol. The highest BCUT2D eigenvalue weighted by molar-refractivity contribution is 7.10. The Morgan fingerprint density at radius 3 is 2.55 bits per heavy atom. The van der Waals surface area contributed by atoms with Gasteiger partial charge in [-0.3, -0.25) is 9.69 Å². The Morgan fingerprint density at radius 2 is 1.81 bits per heavy atom. The maximum absolute atomic E-state index is 13.3. The van der Waals surface area contributed by atoms with E-state index in [1.165, 1.54) is 11.1 Å². The van der Waals surface area contributed by atoms with Gasteiger partial charge in [-0.1, -0.05) is 47.5 Å². The maximum atomic E-state index is 13.3. The molecular formula is C25H27N3O2S. The van der Waals surface area contributed by atoms with Gasteiger partial charge in [-0.05, 0) is 49.4 Å². The summed E-state index contributed by atoms with van der Waals surface area (Å²) in [6, 6.07) is 17.8. The summed E-state index contributed by atoms with van der Waals surface area (Å²) in [4.78, 5) is 30.6. The summed E-state index contributed by atoms with van der Waals surface area (Å²) < 4.78 is 0. The average molecular weight is 434 g/mol. The van der Waals surface area contributed by atoms with Crippen LogP contribution in [-0.2, 0) is 17.8 Å². The quantitative estimate of drug-likeness (QED) is 0.568. The van der Waals surface area contributed by atoms with Crippen molar-refractivity contribution < 1.29 is 9.59 Å². The number of hydrogen-bond donors (Lipinski definition) is 1. The Morgan fingerprint density at radius 1 is 1.03 bits per heavy atom. The van der Waals surface area contributed by atoms with Crippen LogP contribution in [0.3, 0.4) is 0 Å². The van der Waals surface area contributed by atoms with Gasteiger partial charge < -0.3 is 10.2 Å². The van der Waals surface area contributed by atoms with Crippen molar-refractivity contribution in [3.8, 4) is 0 Å². The number of nitrogens with one attached hydrogen (secondary N) is 1. The number of nitrogens with zero attached hydrogens (tertiary/aromatic N) is 2. The van der Waals surface area contributed by atoms with Gasteiger partial charge in [-0.15, -0.1) is 11.3 Å². The summed E-state index contributed by atoms with van der Waals surface area (Å²) in [6.07, 6.45) is 1.22. The highest BCUT2D eigenvalue weighted by atomic mass is 32.1. The van der Waals surface area contributed by atoms with E-state index in [9.17, 15) is 9.59 Å². The molecule has 2 aromatic carbocycles. The first-order valence-electron chi connectivity index (χ1n) is 10.5. The Balaban J connectivity index is 1.51. The fourth-order valence-electron chi connectivity index (χ4n) is 4.11. The first kappa shape index (κ1) is 21.1. The molecule has 3 amide bonds. The zero-order chi connectivity index (χ0) is 21.8. The highest BCUT2D eigenvalue weighted by Crippen LogP contribution is 2.29. The van der Waals surface area contributed by atoms with E-state index in [0.29, 0.717) is 25.2 Å². The molecule has 0 aliphatic carbocycles. The first-order valence-corrected chi connectivity index (χ1v) is 11.4. The SMILES string of the molecule is Cc1cc(C)cc(CN2CCCN(c3ccccc3NC(=O)Cc3cccs3)C2=O)c1. The lowest BCUT2D eigenvalue weighted by Crippen LogP contribution is -2.49. The molecule has 31 heavy (non-hydrogen) atoms. The van der Waals surface area contributed by atoms with Crippen LogP contribution in [0, 0.1) is 13.8 Å². The Hall–Kier alpha value is -3.12. The molecule has 1 aliphatic heterocycles. The van der Waals surface area contributed by atoms with E-state index in [-0.39, 0.29) is 11.9 Å². The predicted octanol–water partition coefficient (Wildman–Crippen LogP) is 5.38. The molecule has 0 unspecified atom stereocenters. The third-order valence-corrected chi connectivity index (χ3v) is 6.23. The van der Waals surface area contributed by atoms with Gasteiger partial charge in [0.2, 0.25) is 5.91 Å². The Kier molecular flexibility index (Phi) is 6.37. The number of carbonyl (C=O) groups excluding carboxylic acids is 2. The van der Waals surface area contributed by atoms with E-state index in [4.69, 9.17) is 0 Å². The summed E-state index contributed by atoms with van der Waals surface area (Å²) in [7, 11) is 0. The Bertz CT molecular complexity index is 1060. The molecule has 0 atom stereocenters. The fraction of sp³-hybridized carbons (Fsp3) is 0.280. The molecule has 1 aliphatic rings. The first-order chi connectivity index (χ1) is 15.0. The van der Waals surface area contributed by atoms with E-state index in [1.54, 1.807) is 16.2 Å². The molecule has 0 saturated carbocycles. The van der Waals surface area contributed by atoms with E-state index < -0.39 is 0 Å². The number of urea groups is 1. The van der Waals surface area contributed by atoms with Crippen LogP contribution in [0.25, 0.3) is 0 Å². The van der Waals surface area contributed by atoms with Crippen LogP contribution < -0.4 is 10.2 Å². The molecule has 2 heterocycles. The molecular weight excluding hydrogens is 406 g/mol. The monoisotopic (exact) mass is 433 g/mol. The largest absolute Gasteiger partial charge is 0.324 e. The summed E-state index contributed by atoms with van der Waals surface area (Å²) in [5, 5.41) is 4.97. The number of aryl methyl sites for hydroxylation is 2. The van der Waals surface area contributed by atoms with E-state index >= 15 is 0 Å². The van der Waals surface area contributed by atoms with Crippen molar-refractivity contribution in [1.82, 2.24) is 4.90 Å². The zero-order valence-electron chi connectivity index (χ0n) is 17.9. The van der Waals surface area contributed by atoms with Crippen LogP contribution in [0.2, 0.25) is 0 Å². The third-order valence-electron chi connectivity index (χ3n) is 5.35. The molecule has 6 heteroatoms. The number of thiophene rings is 1. The number of hydrogen-bond acceptors (Lipinski definition) is 3. The molecule has 1 fully saturated rings. The molecule has 5 nitrogen and oxygen atoms in total. The van der Waals surface area contributed by atoms with Crippen molar-refractivity contribution in [2.45, 2.75) is 33.2 Å². The number of rotatable bonds is 6. The molecule has 4 rings (SSSR count). The van der Waals surface area contributed by atoms with Gasteiger partial charge in [0.25, 0.3) is 0 Å². The highest BCUT2D eigenvalue weighted by Gasteiger charge is 2.28. The van der Waals surface area contributed by atoms with Gasteiger partial charge in [0.1, 0.15) is 0 Å². The van der Waals surface area contributed by atoms with Crippen LogP contribution in [0.15, 0.2) is 60.0 Å². The van der Waals surface area contributed by atoms with Crippen LogP contribution in [0.1, 0.15) is 28.0 Å². The molecule has 0 spiro atoms. The number of anilines is 2. The minimum atomic E-state index is -0.0774. The maximum Gasteiger partial charge on any atom is 0.324 e. The van der Waals surface area contributed by atoms with Gasteiger partial charge in [-0.25, -0.2) is 4.79 Å². The molecule has 1 aromatic heterocycles. The van der Waals surface area contributed by atoms with E-state index in [2.05, 4.69) is 37.4 Å². The van der Waals surface area contributed by atoms with Crippen LogP contribution in [0.5, 0.6) is 0 Å². The Labute approximate surface area is 187 Å². The second-order valence-corrected chi connectivity index (χ2v) is 9.06. The standard InChI is InChI=1S/C25H27N3O2S/c1-18-13-19(2)15-20(14-18)17-27-10-6-11-28(25(27)30)23-9-4-3-8-22(23)26-24(29)16-21-7-5-12-31-21/h3-5,7-9,12-15H,6,10-11,16-17H2,1-2H3,(H,26,29). The lowest BCUT2D eigenvalue weighted by molar-refractivity contribution is -0.115. The minimum Gasteiger partial charge on any atom is -0.324 e. The fourth-order valence-corrected chi connectivity index (χ4v) is 4.82. The van der Waals surface area contributed by atoms with Crippen LogP contribution >= 0.6 is 11.3 Å². The smallest absolute Gasteiger partial charge is 0.324 e. The summed E-state index contributed by atoms with van der Waals surface area (Å²) in [5.74, 6) is -0.0774. The van der Waals surface area contributed by atoms with Crippen molar-refractivity contribution in [1.29, 1.82) is 0 Å². The lowest BCUT2D eigenvalue weighted by Gasteiger charge is -2.36. The van der Waals surface area contributed by atoms with Gasteiger partial charge in [-0.2, -0.15) is 0 Å². The van der Waals surface area contributed by atoms with Crippen molar-refractivity contribution in [3.05, 3.63) is 81.5 Å². The third kappa shape index (κ3) is 5.14. The van der Waals surface area contributed by atoms with E-state index in [0.717, 1.165) is 29.1 Å². The summed E-state index contributed by atoms with van der Waals surface area (Å²) >= 11 is 1.57. The van der Waals surface area contributed by atoms with Gasteiger partial charge in [0.15, 0.2) is 0 Å². The van der Waals surface area contributed by atoms with Crippen molar-refractivity contribution in [2.75, 3.05) is 23.3 Å². The van der Waals surface area contributed by atoms with Gasteiger partial charge in [0.05, 0.1) is 17.8 Å². The molecule has 160 valence electrons. The minimum absolute atomic E-state index is 0.0228. The van der Waals surface area contributed by atoms with Gasteiger partial charge in [0, 0.05) is 24.5 Å². The summed E-state index contributed by atoms with van der Waals surface area (Å²) in [5.41, 5.74) is 4.97. The number of amides is 3. The van der Waals surface area contributed by atoms with Crippen molar-refractivity contribution >= 4 is 34.6 Å². The van der Waals surface area contributed by atoms with Crippen LogP contribution in [0.4, 0.5) is 16.2 Å². The topological polar surface area (TPSA) is 52.6 Å². The van der Waals surface area contributed by atoms with Crippen molar-refractivity contribution in [2.24, 2.45) is 0 Å². The number of carbonyl (C=O) groups is 2. The van der Waals surface area contributed by atoms with Crippen molar-refractivity contribution in [3.63, 3.8) is 0 Å². The lowest BCUT2D eigenvalue weighted by atomic mass is 10.1.